The quantitative estimate of drug-likeness (QED) is 0.881. The predicted octanol–water partition coefficient (Wildman–Crippen LogP) is 1.27. The minimum absolute atomic E-state index is 0.00319. The maximum absolute atomic E-state index is 12.5. The molecule has 104 valence electrons. The topological polar surface area (TPSA) is 82.1 Å². The molecular formula is C14H16N4O2. The molecule has 1 fully saturated rings. The van der Waals surface area contributed by atoms with Gasteiger partial charge >= 0.3 is 0 Å². The van der Waals surface area contributed by atoms with Crippen LogP contribution in [0.2, 0.25) is 0 Å². The van der Waals surface area contributed by atoms with Gasteiger partial charge in [-0.15, -0.1) is 0 Å². The molecule has 2 aromatic rings. The average Bonchev–Trinajstić information content (AvgIpc) is 3.15. The molecule has 1 amide bonds. The number of rotatable bonds is 3. The zero-order valence-electron chi connectivity index (χ0n) is 11.0. The average molecular weight is 272 g/mol. The largest absolute Gasteiger partial charge is 0.390 e. The second kappa shape index (κ2) is 5.42. The smallest absolute Gasteiger partial charge is 0.254 e. The number of hydrogen-bond acceptors (Lipinski definition) is 4. The molecule has 2 aromatic heterocycles. The highest BCUT2D eigenvalue weighted by molar-refractivity contribution is 5.94. The number of pyridine rings is 1. The number of carbonyl (C=O) groups is 1. The fraction of sp³-hybridized carbons (Fsp3) is 0.357. The normalized spacial score (nSPS) is 18.4. The van der Waals surface area contributed by atoms with Crippen molar-refractivity contribution in [2.24, 2.45) is 0 Å². The second-order valence-corrected chi connectivity index (χ2v) is 4.87. The Morgan fingerprint density at radius 3 is 2.95 bits per heavy atom. The number of nitrogens with one attached hydrogen (secondary N) is 1. The number of aliphatic hydroxyl groups is 1. The summed E-state index contributed by atoms with van der Waals surface area (Å²) in [4.78, 5) is 18.3. The molecule has 2 N–H and O–H groups in total. The van der Waals surface area contributed by atoms with Gasteiger partial charge in [-0.05, 0) is 31.0 Å². The lowest BCUT2D eigenvalue weighted by Gasteiger charge is -2.23. The Bertz CT molecular complexity index is 596. The van der Waals surface area contributed by atoms with Crippen LogP contribution in [0, 0.1) is 0 Å². The van der Waals surface area contributed by atoms with Crippen molar-refractivity contribution in [2.45, 2.75) is 25.5 Å². The van der Waals surface area contributed by atoms with E-state index >= 15 is 0 Å². The van der Waals surface area contributed by atoms with Gasteiger partial charge in [-0.3, -0.25) is 14.9 Å². The summed E-state index contributed by atoms with van der Waals surface area (Å²) < 4.78 is 0. The van der Waals surface area contributed by atoms with E-state index in [1.54, 1.807) is 24.5 Å². The lowest BCUT2D eigenvalue weighted by molar-refractivity contribution is 0.0733. The molecule has 6 heteroatoms. The van der Waals surface area contributed by atoms with Crippen LogP contribution in [0.4, 0.5) is 0 Å². The Hall–Kier alpha value is -2.21. The first-order valence-corrected chi connectivity index (χ1v) is 6.65. The molecule has 0 aromatic carbocycles. The zero-order valence-corrected chi connectivity index (χ0v) is 11.0. The Labute approximate surface area is 116 Å². The van der Waals surface area contributed by atoms with Crippen molar-refractivity contribution in [2.75, 3.05) is 6.54 Å². The van der Waals surface area contributed by atoms with E-state index in [1.807, 2.05) is 11.0 Å². The number of aliphatic hydroxyl groups excluding tert-OH is 1. The third-order valence-electron chi connectivity index (χ3n) is 3.60. The van der Waals surface area contributed by atoms with Gasteiger partial charge in [0.2, 0.25) is 0 Å². The van der Waals surface area contributed by atoms with E-state index < -0.39 is 0 Å². The van der Waals surface area contributed by atoms with Crippen LogP contribution in [0.5, 0.6) is 0 Å². The number of aromatic amines is 1. The van der Waals surface area contributed by atoms with Gasteiger partial charge in [0.1, 0.15) is 0 Å². The van der Waals surface area contributed by atoms with E-state index in [-0.39, 0.29) is 18.6 Å². The molecule has 6 nitrogen and oxygen atoms in total. The van der Waals surface area contributed by atoms with Crippen molar-refractivity contribution < 1.29 is 9.90 Å². The zero-order chi connectivity index (χ0) is 13.9. The molecule has 0 radical (unpaired) electrons. The first-order chi connectivity index (χ1) is 9.79. The maximum Gasteiger partial charge on any atom is 0.254 e. The van der Waals surface area contributed by atoms with Crippen LogP contribution in [-0.4, -0.2) is 37.6 Å². The van der Waals surface area contributed by atoms with E-state index in [0.29, 0.717) is 11.3 Å². The number of aromatic nitrogens is 3. The Kier molecular flexibility index (Phi) is 3.47. The summed E-state index contributed by atoms with van der Waals surface area (Å²) in [6, 6.07) is 5.25. The maximum atomic E-state index is 12.5. The van der Waals surface area contributed by atoms with Gasteiger partial charge in [0.15, 0.2) is 0 Å². The molecule has 3 rings (SSSR count). The molecule has 0 aliphatic carbocycles. The van der Waals surface area contributed by atoms with Gasteiger partial charge in [-0.1, -0.05) is 0 Å². The van der Waals surface area contributed by atoms with E-state index in [9.17, 15) is 4.79 Å². The molecule has 1 atom stereocenters. The highest BCUT2D eigenvalue weighted by Crippen LogP contribution is 2.32. The molecular weight excluding hydrogens is 256 g/mol. The Balaban J connectivity index is 1.83. The molecule has 20 heavy (non-hydrogen) atoms. The number of amides is 1. The molecule has 1 aliphatic heterocycles. The van der Waals surface area contributed by atoms with Crippen molar-refractivity contribution in [1.82, 2.24) is 20.1 Å². The molecule has 0 bridgehead atoms. The molecule has 0 saturated carbocycles. The summed E-state index contributed by atoms with van der Waals surface area (Å²) in [5, 5.41) is 16.1. The highest BCUT2D eigenvalue weighted by atomic mass is 16.3. The van der Waals surface area contributed by atoms with Gasteiger partial charge in [0.25, 0.3) is 5.91 Å². The summed E-state index contributed by atoms with van der Waals surface area (Å²) in [5.74, 6) is 0.00319. The van der Waals surface area contributed by atoms with Crippen LogP contribution in [0.3, 0.4) is 0 Å². The lowest BCUT2D eigenvalue weighted by atomic mass is 10.1. The Morgan fingerprint density at radius 2 is 2.25 bits per heavy atom. The fourth-order valence-electron chi connectivity index (χ4n) is 2.61. The number of likely N-dealkylation sites (tertiary alicyclic amines) is 1. The third kappa shape index (κ3) is 2.30. The number of nitrogens with zero attached hydrogens (tertiary/aromatic N) is 3. The molecule has 1 unspecified atom stereocenters. The summed E-state index contributed by atoms with van der Waals surface area (Å²) in [6.45, 7) is 0.658. The highest BCUT2D eigenvalue weighted by Gasteiger charge is 2.32. The summed E-state index contributed by atoms with van der Waals surface area (Å²) in [7, 11) is 0. The van der Waals surface area contributed by atoms with Crippen LogP contribution in [0.25, 0.3) is 0 Å². The Morgan fingerprint density at radius 1 is 1.45 bits per heavy atom. The van der Waals surface area contributed by atoms with E-state index in [0.717, 1.165) is 25.1 Å². The summed E-state index contributed by atoms with van der Waals surface area (Å²) in [6.07, 6.45) is 5.10. The number of carbonyl (C=O) groups excluding carboxylic acids is 1. The third-order valence-corrected chi connectivity index (χ3v) is 3.60. The van der Waals surface area contributed by atoms with Crippen LogP contribution in [0.15, 0.2) is 30.6 Å². The van der Waals surface area contributed by atoms with Gasteiger partial charge in [-0.2, -0.15) is 5.10 Å². The molecule has 1 saturated heterocycles. The predicted molar refractivity (Wildman–Crippen MR) is 71.8 cm³/mol. The van der Waals surface area contributed by atoms with Crippen molar-refractivity contribution >= 4 is 5.91 Å². The van der Waals surface area contributed by atoms with Crippen LogP contribution >= 0.6 is 0 Å². The van der Waals surface area contributed by atoms with E-state index in [1.165, 1.54) is 0 Å². The minimum Gasteiger partial charge on any atom is -0.390 e. The van der Waals surface area contributed by atoms with Crippen LogP contribution in [-0.2, 0) is 6.61 Å². The van der Waals surface area contributed by atoms with Gasteiger partial charge in [-0.25, -0.2) is 0 Å². The van der Waals surface area contributed by atoms with Crippen LogP contribution in [0.1, 0.15) is 40.6 Å². The minimum atomic E-state index is -0.0714. The van der Waals surface area contributed by atoms with E-state index in [2.05, 4.69) is 15.2 Å². The van der Waals surface area contributed by atoms with Crippen LogP contribution < -0.4 is 0 Å². The van der Waals surface area contributed by atoms with Gasteiger partial charge in [0.05, 0.1) is 24.0 Å². The van der Waals surface area contributed by atoms with Gasteiger partial charge in [0, 0.05) is 24.5 Å². The first-order valence-electron chi connectivity index (χ1n) is 6.65. The molecule has 3 heterocycles. The molecule has 1 aliphatic rings. The lowest BCUT2D eigenvalue weighted by Crippen LogP contribution is -2.30. The summed E-state index contributed by atoms with van der Waals surface area (Å²) >= 11 is 0. The SMILES string of the molecule is O=C(c1ccncc1)N1CCCC1c1cc(CO)[nH]n1. The number of hydrogen-bond donors (Lipinski definition) is 2. The van der Waals surface area contributed by atoms with Crippen molar-refractivity contribution in [1.29, 1.82) is 0 Å². The van der Waals surface area contributed by atoms with Crippen molar-refractivity contribution in [3.8, 4) is 0 Å². The van der Waals surface area contributed by atoms with E-state index in [4.69, 9.17) is 5.11 Å². The standard InChI is InChI=1S/C14H16N4O2/c19-9-11-8-12(17-16-11)13-2-1-7-18(13)14(20)10-3-5-15-6-4-10/h3-6,8,13,19H,1-2,7,9H2,(H,16,17). The second-order valence-electron chi connectivity index (χ2n) is 4.87. The fourth-order valence-corrected chi connectivity index (χ4v) is 2.61. The summed E-state index contributed by atoms with van der Waals surface area (Å²) in [5.41, 5.74) is 2.13. The monoisotopic (exact) mass is 272 g/mol. The van der Waals surface area contributed by atoms with Crippen molar-refractivity contribution in [3.63, 3.8) is 0 Å². The number of H-pyrrole nitrogens is 1. The molecule has 0 spiro atoms. The van der Waals surface area contributed by atoms with Gasteiger partial charge < -0.3 is 10.0 Å². The first kappa shape index (κ1) is 12.8. The van der Waals surface area contributed by atoms with Crippen molar-refractivity contribution in [3.05, 3.63) is 47.5 Å².